The molecule has 9 heteroatoms. The summed E-state index contributed by atoms with van der Waals surface area (Å²) in [6.45, 7) is 5.54. The van der Waals surface area contributed by atoms with Gasteiger partial charge >= 0.3 is 12.2 Å². The van der Waals surface area contributed by atoms with Crippen molar-refractivity contribution < 1.29 is 23.8 Å². The maximum absolute atomic E-state index is 12.2. The molecule has 32 heavy (non-hydrogen) atoms. The summed E-state index contributed by atoms with van der Waals surface area (Å²) in [6.07, 6.45) is 3.75. The van der Waals surface area contributed by atoms with E-state index in [2.05, 4.69) is 20.6 Å². The molecule has 0 radical (unpaired) electrons. The molecule has 0 bridgehead atoms. The Kier molecular flexibility index (Phi) is 6.08. The van der Waals surface area contributed by atoms with Crippen molar-refractivity contribution in [2.24, 2.45) is 5.92 Å². The molecule has 0 spiro atoms. The first-order valence-electron chi connectivity index (χ1n) is 11.0. The Labute approximate surface area is 187 Å². The minimum Gasteiger partial charge on any atom is -0.481 e. The fraction of sp³-hybridized carbons (Fsp3) is 0.565. The Morgan fingerprint density at radius 1 is 1.19 bits per heavy atom. The molecule has 172 valence electrons. The third-order valence-corrected chi connectivity index (χ3v) is 5.95. The first-order valence-corrected chi connectivity index (χ1v) is 11.0. The lowest BCUT2D eigenvalue weighted by Gasteiger charge is -2.34. The van der Waals surface area contributed by atoms with Crippen molar-refractivity contribution >= 4 is 23.2 Å². The van der Waals surface area contributed by atoms with Crippen LogP contribution < -0.4 is 15.4 Å². The SMILES string of the molecule is COc1ccc2nccc([C@H]3OC(=O)N[C@@H]3[C@H]3CC[C@H](NC(=O)OC(C)(C)C)CC3)c2n1. The molecule has 0 aromatic carbocycles. The van der Waals surface area contributed by atoms with Crippen molar-refractivity contribution in [3.63, 3.8) is 0 Å². The minimum absolute atomic E-state index is 0.0604. The highest BCUT2D eigenvalue weighted by Crippen LogP contribution is 2.39. The van der Waals surface area contributed by atoms with Crippen LogP contribution in [0.15, 0.2) is 24.4 Å². The van der Waals surface area contributed by atoms with E-state index in [-0.39, 0.29) is 24.1 Å². The highest BCUT2D eigenvalue weighted by molar-refractivity contribution is 5.80. The molecule has 4 rings (SSSR count). The summed E-state index contributed by atoms with van der Waals surface area (Å²) >= 11 is 0. The second-order valence-electron chi connectivity index (χ2n) is 9.38. The van der Waals surface area contributed by atoms with Crippen LogP contribution in [0.25, 0.3) is 11.0 Å². The number of ether oxygens (including phenoxy) is 3. The van der Waals surface area contributed by atoms with Gasteiger partial charge in [-0.25, -0.2) is 14.6 Å². The molecule has 2 N–H and O–H groups in total. The van der Waals surface area contributed by atoms with Crippen LogP contribution in [0, 0.1) is 5.92 Å². The number of amides is 2. The van der Waals surface area contributed by atoms with Gasteiger partial charge in [-0.05, 0) is 64.5 Å². The van der Waals surface area contributed by atoms with Crippen LogP contribution >= 0.6 is 0 Å². The standard InChI is InChI=1S/C23H30N4O5/c1-23(2,3)32-22(29)25-14-7-5-13(6-8-14)18-20(31-21(28)27-18)15-11-12-24-16-9-10-17(30-4)26-19(15)16/h9-14,18,20H,5-8H2,1-4H3,(H,25,29)(H,27,28)/t13-,14-,18-,20-/m1/s1. The molecule has 1 saturated heterocycles. The van der Waals surface area contributed by atoms with Crippen molar-refractivity contribution in [3.8, 4) is 5.88 Å². The second-order valence-corrected chi connectivity index (χ2v) is 9.38. The molecule has 3 heterocycles. The van der Waals surface area contributed by atoms with Crippen molar-refractivity contribution in [2.45, 2.75) is 70.2 Å². The fourth-order valence-corrected chi connectivity index (χ4v) is 4.52. The number of nitrogens with one attached hydrogen (secondary N) is 2. The van der Waals surface area contributed by atoms with E-state index in [0.717, 1.165) is 36.8 Å². The largest absolute Gasteiger partial charge is 0.481 e. The number of alkyl carbamates (subject to hydrolysis) is 2. The number of hydrogen-bond acceptors (Lipinski definition) is 7. The summed E-state index contributed by atoms with van der Waals surface area (Å²) in [4.78, 5) is 33.2. The highest BCUT2D eigenvalue weighted by Gasteiger charge is 2.42. The Bertz CT molecular complexity index is 998. The molecule has 2 aromatic heterocycles. The van der Waals surface area contributed by atoms with Crippen LogP contribution in [0.1, 0.15) is 58.1 Å². The highest BCUT2D eigenvalue weighted by atomic mass is 16.6. The number of aromatic nitrogens is 2. The smallest absolute Gasteiger partial charge is 0.408 e. The van der Waals surface area contributed by atoms with E-state index < -0.39 is 17.8 Å². The van der Waals surface area contributed by atoms with Crippen LogP contribution in [0.4, 0.5) is 9.59 Å². The van der Waals surface area contributed by atoms with Gasteiger partial charge in [-0.15, -0.1) is 0 Å². The number of carbonyl (C=O) groups is 2. The van der Waals surface area contributed by atoms with Crippen LogP contribution in [-0.2, 0) is 9.47 Å². The number of nitrogens with zero attached hydrogens (tertiary/aromatic N) is 2. The van der Waals surface area contributed by atoms with Gasteiger partial charge in [0, 0.05) is 23.9 Å². The lowest BCUT2D eigenvalue weighted by atomic mass is 9.79. The summed E-state index contributed by atoms with van der Waals surface area (Å²) in [5, 5.41) is 5.96. The summed E-state index contributed by atoms with van der Waals surface area (Å²) in [5.74, 6) is 0.700. The predicted octanol–water partition coefficient (Wildman–Crippen LogP) is 3.87. The van der Waals surface area contributed by atoms with Gasteiger partial charge in [0.2, 0.25) is 5.88 Å². The second kappa shape index (κ2) is 8.80. The minimum atomic E-state index is -0.524. The molecular formula is C23H30N4O5. The number of carbonyl (C=O) groups excluding carboxylic acids is 2. The van der Waals surface area contributed by atoms with Gasteiger partial charge in [-0.1, -0.05) is 0 Å². The summed E-state index contributed by atoms with van der Waals surface area (Å²) in [5.41, 5.74) is 1.67. The van der Waals surface area contributed by atoms with Crippen molar-refractivity contribution in [1.29, 1.82) is 0 Å². The molecule has 1 aliphatic carbocycles. The zero-order chi connectivity index (χ0) is 22.9. The lowest BCUT2D eigenvalue weighted by Crippen LogP contribution is -2.44. The van der Waals surface area contributed by atoms with Gasteiger partial charge in [0.1, 0.15) is 5.60 Å². The van der Waals surface area contributed by atoms with Crippen molar-refractivity contribution in [1.82, 2.24) is 20.6 Å². The predicted molar refractivity (Wildman–Crippen MR) is 117 cm³/mol. The Balaban J connectivity index is 1.47. The zero-order valence-corrected chi connectivity index (χ0v) is 18.9. The number of cyclic esters (lactones) is 1. The summed E-state index contributed by atoms with van der Waals surface area (Å²) in [7, 11) is 1.56. The maximum atomic E-state index is 12.2. The molecule has 9 nitrogen and oxygen atoms in total. The number of pyridine rings is 2. The quantitative estimate of drug-likeness (QED) is 0.739. The molecule has 1 saturated carbocycles. The molecule has 2 amide bonds. The van der Waals surface area contributed by atoms with Gasteiger partial charge in [0.15, 0.2) is 6.10 Å². The Morgan fingerprint density at radius 3 is 2.62 bits per heavy atom. The summed E-state index contributed by atoms with van der Waals surface area (Å²) < 4.78 is 16.3. The monoisotopic (exact) mass is 442 g/mol. The van der Waals surface area contributed by atoms with E-state index in [4.69, 9.17) is 14.2 Å². The third kappa shape index (κ3) is 4.87. The van der Waals surface area contributed by atoms with E-state index >= 15 is 0 Å². The Hall–Kier alpha value is -3.10. The van der Waals surface area contributed by atoms with Gasteiger partial charge in [0.05, 0.1) is 24.2 Å². The van der Waals surface area contributed by atoms with Gasteiger partial charge in [0.25, 0.3) is 0 Å². The van der Waals surface area contributed by atoms with E-state index in [1.165, 1.54) is 0 Å². The molecule has 2 atom stereocenters. The number of methoxy groups -OCH3 is 1. The number of rotatable bonds is 4. The average Bonchev–Trinajstić information content (AvgIpc) is 3.13. The number of fused-ring (bicyclic) bond motifs is 1. The molecule has 2 fully saturated rings. The topological polar surface area (TPSA) is 112 Å². The van der Waals surface area contributed by atoms with Crippen LogP contribution in [0.2, 0.25) is 0 Å². The lowest BCUT2D eigenvalue weighted by molar-refractivity contribution is 0.0479. The van der Waals surface area contributed by atoms with Crippen molar-refractivity contribution in [3.05, 3.63) is 30.0 Å². The zero-order valence-electron chi connectivity index (χ0n) is 18.9. The van der Waals surface area contributed by atoms with Crippen LogP contribution in [-0.4, -0.2) is 46.9 Å². The van der Waals surface area contributed by atoms with E-state index in [1.54, 1.807) is 19.4 Å². The van der Waals surface area contributed by atoms with Gasteiger partial charge in [-0.3, -0.25) is 4.98 Å². The van der Waals surface area contributed by atoms with E-state index in [9.17, 15) is 9.59 Å². The van der Waals surface area contributed by atoms with Crippen LogP contribution in [0.5, 0.6) is 5.88 Å². The third-order valence-electron chi connectivity index (χ3n) is 5.95. The molecular weight excluding hydrogens is 412 g/mol. The van der Waals surface area contributed by atoms with E-state index in [0.29, 0.717) is 11.4 Å². The number of hydrogen-bond donors (Lipinski definition) is 2. The van der Waals surface area contributed by atoms with E-state index in [1.807, 2.05) is 32.9 Å². The molecule has 2 aromatic rings. The average molecular weight is 443 g/mol. The maximum Gasteiger partial charge on any atom is 0.408 e. The first-order chi connectivity index (χ1) is 15.2. The van der Waals surface area contributed by atoms with Gasteiger partial charge < -0.3 is 24.8 Å². The molecule has 2 aliphatic rings. The Morgan fingerprint density at radius 2 is 1.94 bits per heavy atom. The normalized spacial score (nSPS) is 25.7. The molecule has 1 aliphatic heterocycles. The van der Waals surface area contributed by atoms with Gasteiger partial charge in [-0.2, -0.15) is 0 Å². The van der Waals surface area contributed by atoms with Crippen molar-refractivity contribution in [2.75, 3.05) is 7.11 Å². The summed E-state index contributed by atoms with van der Waals surface area (Å²) in [6, 6.07) is 5.34. The molecule has 0 unspecified atom stereocenters. The fourth-order valence-electron chi connectivity index (χ4n) is 4.52. The van der Waals surface area contributed by atoms with Crippen LogP contribution in [0.3, 0.4) is 0 Å². The first kappa shape index (κ1) is 22.1.